The van der Waals surface area contributed by atoms with Crippen molar-refractivity contribution in [1.29, 1.82) is 0 Å². The molecule has 9 heteroatoms. The number of hydrogen-bond donors (Lipinski definition) is 2. The normalized spacial score (nSPS) is 14.5. The molecule has 0 atom stereocenters. The molecule has 2 aromatic rings. The minimum atomic E-state index is -0.0930. The standard InChI is InChI=1S/C24H27N3O4S2/c1-30-19-13-12-17(15-20(19)31-2)16-21-23(29)27(24(32)33-21)14-8-4-7-11-22(28)26-25-18-9-5-3-6-10-18/h3,5-6,9-10,12-13,15-16,25H,4,7-8,11,14H2,1-2H3,(H,26,28). The van der Waals surface area contributed by atoms with Gasteiger partial charge in [-0.3, -0.25) is 25.3 Å². The van der Waals surface area contributed by atoms with Gasteiger partial charge in [0, 0.05) is 13.0 Å². The number of rotatable bonds is 11. The summed E-state index contributed by atoms with van der Waals surface area (Å²) in [6, 6.07) is 14.9. The number of amides is 2. The van der Waals surface area contributed by atoms with E-state index in [0.29, 0.717) is 33.7 Å². The molecular weight excluding hydrogens is 458 g/mol. The lowest BCUT2D eigenvalue weighted by atomic mass is 10.1. The number of unbranched alkanes of at least 4 members (excludes halogenated alkanes) is 2. The van der Waals surface area contributed by atoms with Crippen LogP contribution in [0.5, 0.6) is 11.5 Å². The molecule has 174 valence electrons. The summed E-state index contributed by atoms with van der Waals surface area (Å²) in [7, 11) is 3.15. The fourth-order valence-corrected chi connectivity index (χ4v) is 4.55. The topological polar surface area (TPSA) is 79.9 Å². The number of thioether (sulfide) groups is 1. The number of hydrogen-bond acceptors (Lipinski definition) is 7. The zero-order chi connectivity index (χ0) is 23.6. The van der Waals surface area contributed by atoms with Crippen LogP contribution in [0.15, 0.2) is 53.4 Å². The molecule has 0 unspecified atom stereocenters. The molecule has 1 saturated heterocycles. The van der Waals surface area contributed by atoms with Crippen molar-refractivity contribution in [2.24, 2.45) is 0 Å². The maximum atomic E-state index is 12.8. The highest BCUT2D eigenvalue weighted by molar-refractivity contribution is 8.26. The van der Waals surface area contributed by atoms with Crippen LogP contribution >= 0.6 is 24.0 Å². The average Bonchev–Trinajstić information content (AvgIpc) is 3.10. The lowest BCUT2D eigenvalue weighted by Crippen LogP contribution is -2.29. The van der Waals surface area contributed by atoms with Gasteiger partial charge in [-0.1, -0.05) is 54.7 Å². The van der Waals surface area contributed by atoms with Crippen LogP contribution in [0.4, 0.5) is 5.69 Å². The first-order valence-corrected chi connectivity index (χ1v) is 11.8. The molecule has 0 spiro atoms. The van der Waals surface area contributed by atoms with E-state index >= 15 is 0 Å². The molecular formula is C24H27N3O4S2. The average molecular weight is 486 g/mol. The smallest absolute Gasteiger partial charge is 0.266 e. The molecule has 2 amide bonds. The van der Waals surface area contributed by atoms with Gasteiger partial charge in [0.2, 0.25) is 5.91 Å². The Balaban J connectivity index is 1.43. The number of nitrogens with zero attached hydrogens (tertiary/aromatic N) is 1. The van der Waals surface area contributed by atoms with Crippen molar-refractivity contribution in [1.82, 2.24) is 10.3 Å². The summed E-state index contributed by atoms with van der Waals surface area (Å²) >= 11 is 6.71. The molecule has 7 nitrogen and oxygen atoms in total. The van der Waals surface area contributed by atoms with Crippen LogP contribution in [0.1, 0.15) is 31.2 Å². The van der Waals surface area contributed by atoms with Crippen molar-refractivity contribution in [2.45, 2.75) is 25.7 Å². The fourth-order valence-electron chi connectivity index (χ4n) is 3.24. The van der Waals surface area contributed by atoms with Gasteiger partial charge in [-0.2, -0.15) is 0 Å². The molecule has 3 rings (SSSR count). The minimum absolute atomic E-state index is 0.0673. The molecule has 1 heterocycles. The second-order valence-electron chi connectivity index (χ2n) is 7.30. The highest BCUT2D eigenvalue weighted by Crippen LogP contribution is 2.34. The molecule has 0 aromatic heterocycles. The first-order valence-electron chi connectivity index (χ1n) is 10.6. The summed E-state index contributed by atoms with van der Waals surface area (Å²) in [5.41, 5.74) is 7.25. The van der Waals surface area contributed by atoms with Crippen LogP contribution < -0.4 is 20.3 Å². The Labute approximate surface area is 203 Å². The van der Waals surface area contributed by atoms with Crippen LogP contribution in [-0.4, -0.2) is 41.8 Å². The van der Waals surface area contributed by atoms with Crippen LogP contribution in [0.25, 0.3) is 6.08 Å². The lowest BCUT2D eigenvalue weighted by Gasteiger charge is -2.14. The summed E-state index contributed by atoms with van der Waals surface area (Å²) in [6.07, 6.45) is 4.56. The summed E-state index contributed by atoms with van der Waals surface area (Å²) < 4.78 is 11.1. The van der Waals surface area contributed by atoms with Crippen LogP contribution in [-0.2, 0) is 9.59 Å². The maximum Gasteiger partial charge on any atom is 0.266 e. The molecule has 1 fully saturated rings. The molecule has 2 aromatic carbocycles. The predicted octanol–water partition coefficient (Wildman–Crippen LogP) is 4.61. The summed E-state index contributed by atoms with van der Waals surface area (Å²) in [5.74, 6) is 1.07. The Hall–Kier alpha value is -3.04. The quantitative estimate of drug-likeness (QED) is 0.208. The van der Waals surface area contributed by atoms with E-state index in [2.05, 4.69) is 10.9 Å². The number of methoxy groups -OCH3 is 2. The van der Waals surface area contributed by atoms with Crippen molar-refractivity contribution in [2.75, 3.05) is 26.2 Å². The first-order chi connectivity index (χ1) is 16.0. The number of nitrogens with one attached hydrogen (secondary N) is 2. The molecule has 33 heavy (non-hydrogen) atoms. The van der Waals surface area contributed by atoms with Crippen molar-refractivity contribution >= 4 is 51.9 Å². The molecule has 0 bridgehead atoms. The Bertz CT molecular complexity index is 1030. The van der Waals surface area contributed by atoms with Crippen LogP contribution in [0, 0.1) is 0 Å². The number of ether oxygens (including phenoxy) is 2. The maximum absolute atomic E-state index is 12.8. The third-order valence-electron chi connectivity index (χ3n) is 4.98. The zero-order valence-electron chi connectivity index (χ0n) is 18.6. The number of anilines is 1. The Morgan fingerprint density at radius 1 is 1.06 bits per heavy atom. The van der Waals surface area contributed by atoms with E-state index < -0.39 is 0 Å². The van der Waals surface area contributed by atoms with E-state index in [1.165, 1.54) is 11.8 Å². The van der Waals surface area contributed by atoms with Gasteiger partial charge in [0.15, 0.2) is 11.5 Å². The molecule has 0 aliphatic carbocycles. The predicted molar refractivity (Wildman–Crippen MR) is 136 cm³/mol. The molecule has 2 N–H and O–H groups in total. The van der Waals surface area contributed by atoms with Crippen LogP contribution in [0.3, 0.4) is 0 Å². The van der Waals surface area contributed by atoms with E-state index in [4.69, 9.17) is 21.7 Å². The second kappa shape index (κ2) is 12.3. The van der Waals surface area contributed by atoms with Gasteiger partial charge in [-0.15, -0.1) is 0 Å². The zero-order valence-corrected chi connectivity index (χ0v) is 20.3. The van der Waals surface area contributed by atoms with Gasteiger partial charge in [-0.05, 0) is 48.7 Å². The van der Waals surface area contributed by atoms with Gasteiger partial charge < -0.3 is 9.47 Å². The van der Waals surface area contributed by atoms with Crippen molar-refractivity contribution < 1.29 is 19.1 Å². The van der Waals surface area contributed by atoms with Gasteiger partial charge in [-0.25, -0.2) is 0 Å². The van der Waals surface area contributed by atoms with E-state index in [-0.39, 0.29) is 11.8 Å². The van der Waals surface area contributed by atoms with Gasteiger partial charge in [0.1, 0.15) is 4.32 Å². The molecule has 1 aliphatic heterocycles. The van der Waals surface area contributed by atoms with Gasteiger partial charge >= 0.3 is 0 Å². The van der Waals surface area contributed by atoms with Crippen molar-refractivity contribution in [3.63, 3.8) is 0 Å². The second-order valence-corrected chi connectivity index (χ2v) is 8.97. The SMILES string of the molecule is COc1ccc(C=C2SC(=S)N(CCCCCC(=O)NNc3ccccc3)C2=O)cc1OC. The lowest BCUT2D eigenvalue weighted by molar-refractivity contribution is -0.122. The van der Waals surface area contributed by atoms with E-state index in [1.54, 1.807) is 25.2 Å². The number of hydrazine groups is 1. The van der Waals surface area contributed by atoms with E-state index in [9.17, 15) is 9.59 Å². The number of para-hydroxylation sites is 1. The van der Waals surface area contributed by atoms with E-state index in [0.717, 1.165) is 30.5 Å². The Morgan fingerprint density at radius 3 is 2.55 bits per heavy atom. The highest BCUT2D eigenvalue weighted by atomic mass is 32.2. The summed E-state index contributed by atoms with van der Waals surface area (Å²) in [6.45, 7) is 0.540. The largest absolute Gasteiger partial charge is 0.493 e. The highest BCUT2D eigenvalue weighted by Gasteiger charge is 2.31. The van der Waals surface area contributed by atoms with E-state index in [1.807, 2.05) is 48.5 Å². The Kier molecular flexibility index (Phi) is 9.14. The van der Waals surface area contributed by atoms with Crippen molar-refractivity contribution in [3.8, 4) is 11.5 Å². The van der Waals surface area contributed by atoms with Crippen LogP contribution in [0.2, 0.25) is 0 Å². The summed E-state index contributed by atoms with van der Waals surface area (Å²) in [4.78, 5) is 27.0. The fraction of sp³-hybridized carbons (Fsp3) is 0.292. The molecule has 0 radical (unpaired) electrons. The number of thiocarbonyl (C=S) groups is 1. The third-order valence-corrected chi connectivity index (χ3v) is 6.36. The molecule has 0 saturated carbocycles. The monoisotopic (exact) mass is 485 g/mol. The van der Waals surface area contributed by atoms with Crippen molar-refractivity contribution in [3.05, 3.63) is 59.0 Å². The van der Waals surface area contributed by atoms with Gasteiger partial charge in [0.05, 0.1) is 24.8 Å². The summed E-state index contributed by atoms with van der Waals surface area (Å²) in [5, 5.41) is 0. The third kappa shape index (κ3) is 6.97. The first kappa shape index (κ1) is 24.6. The minimum Gasteiger partial charge on any atom is -0.493 e. The number of carbonyl (C=O) groups is 2. The Morgan fingerprint density at radius 2 is 1.82 bits per heavy atom. The van der Waals surface area contributed by atoms with Gasteiger partial charge in [0.25, 0.3) is 5.91 Å². The molecule has 1 aliphatic rings. The number of carbonyl (C=O) groups excluding carboxylic acids is 2. The number of benzene rings is 2.